The van der Waals surface area contributed by atoms with Crippen LogP contribution in [-0.4, -0.2) is 7.05 Å². The molecule has 2 aromatic carbocycles. The Kier molecular flexibility index (Phi) is 4.73. The van der Waals surface area contributed by atoms with E-state index in [-0.39, 0.29) is 16.9 Å². The van der Waals surface area contributed by atoms with E-state index in [4.69, 9.17) is 11.6 Å². The third-order valence-corrected chi connectivity index (χ3v) is 3.56. The number of aryl methyl sites for hydroxylation is 1. The lowest BCUT2D eigenvalue weighted by Crippen LogP contribution is -2.19. The van der Waals surface area contributed by atoms with Crippen molar-refractivity contribution in [2.24, 2.45) is 0 Å². The van der Waals surface area contributed by atoms with Crippen LogP contribution in [-0.2, 0) is 6.42 Å². The molecule has 0 aliphatic heterocycles. The Balaban J connectivity index is 2.31. The van der Waals surface area contributed by atoms with Crippen molar-refractivity contribution < 1.29 is 8.78 Å². The van der Waals surface area contributed by atoms with Crippen LogP contribution in [0.5, 0.6) is 0 Å². The lowest BCUT2D eigenvalue weighted by Gasteiger charge is -2.18. The fraction of sp³-hybridized carbons (Fsp3) is 0.250. The van der Waals surface area contributed by atoms with Crippen molar-refractivity contribution in [1.29, 1.82) is 0 Å². The molecule has 2 aromatic rings. The minimum atomic E-state index is -0.414. The molecule has 1 N–H and O–H groups in total. The summed E-state index contributed by atoms with van der Waals surface area (Å²) in [5.74, 6) is -0.700. The number of likely N-dealkylation sites (N-methyl/N-ethyl adjacent to an activating group) is 1. The molecular weight excluding hydrogens is 280 g/mol. The van der Waals surface area contributed by atoms with Gasteiger partial charge in [0.15, 0.2) is 0 Å². The Morgan fingerprint density at radius 2 is 1.95 bits per heavy atom. The van der Waals surface area contributed by atoms with Crippen LogP contribution in [0.15, 0.2) is 36.4 Å². The molecule has 0 fully saturated rings. The molecule has 4 heteroatoms. The fourth-order valence-corrected chi connectivity index (χ4v) is 2.47. The lowest BCUT2D eigenvalue weighted by molar-refractivity contribution is 0.549. The van der Waals surface area contributed by atoms with Crippen molar-refractivity contribution in [2.75, 3.05) is 7.05 Å². The zero-order chi connectivity index (χ0) is 14.7. The molecule has 0 aromatic heterocycles. The van der Waals surface area contributed by atoms with Crippen molar-refractivity contribution in [2.45, 2.75) is 19.4 Å². The first-order chi connectivity index (χ1) is 9.51. The first-order valence-corrected chi connectivity index (χ1v) is 6.76. The SMILES string of the molecule is CNC(Cc1cccc(Cl)c1F)c1cc(C)cc(F)c1. The summed E-state index contributed by atoms with van der Waals surface area (Å²) in [6.45, 7) is 1.83. The molecule has 0 saturated carbocycles. The van der Waals surface area contributed by atoms with Crippen molar-refractivity contribution in [3.63, 3.8) is 0 Å². The highest BCUT2D eigenvalue weighted by atomic mass is 35.5. The maximum absolute atomic E-state index is 13.9. The van der Waals surface area contributed by atoms with Gasteiger partial charge in [-0.25, -0.2) is 8.78 Å². The number of rotatable bonds is 4. The third kappa shape index (κ3) is 3.35. The molecule has 1 nitrogen and oxygen atoms in total. The highest BCUT2D eigenvalue weighted by molar-refractivity contribution is 6.30. The summed E-state index contributed by atoms with van der Waals surface area (Å²) in [6.07, 6.45) is 0.409. The summed E-state index contributed by atoms with van der Waals surface area (Å²) in [5.41, 5.74) is 2.15. The summed E-state index contributed by atoms with van der Waals surface area (Å²) < 4.78 is 27.4. The lowest BCUT2D eigenvalue weighted by atomic mass is 9.97. The van der Waals surface area contributed by atoms with Crippen molar-refractivity contribution in [3.8, 4) is 0 Å². The van der Waals surface area contributed by atoms with E-state index in [1.807, 2.05) is 13.0 Å². The maximum atomic E-state index is 13.9. The molecule has 1 atom stereocenters. The second-order valence-corrected chi connectivity index (χ2v) is 5.23. The number of nitrogens with one attached hydrogen (secondary N) is 1. The van der Waals surface area contributed by atoms with Gasteiger partial charge in [-0.2, -0.15) is 0 Å². The van der Waals surface area contributed by atoms with Crippen LogP contribution in [0.2, 0.25) is 5.02 Å². The molecular formula is C16H16ClF2N. The van der Waals surface area contributed by atoms with Crippen LogP contribution < -0.4 is 5.32 Å². The van der Waals surface area contributed by atoms with Gasteiger partial charge in [-0.15, -0.1) is 0 Å². The first kappa shape index (κ1) is 14.9. The van der Waals surface area contributed by atoms with Crippen molar-refractivity contribution in [3.05, 3.63) is 69.7 Å². The molecule has 0 aliphatic rings. The predicted octanol–water partition coefficient (Wildman–Crippen LogP) is 4.43. The minimum Gasteiger partial charge on any atom is -0.313 e. The molecule has 0 aliphatic carbocycles. The predicted molar refractivity (Wildman–Crippen MR) is 78.1 cm³/mol. The number of benzene rings is 2. The first-order valence-electron chi connectivity index (χ1n) is 6.38. The summed E-state index contributed by atoms with van der Waals surface area (Å²) in [4.78, 5) is 0. The summed E-state index contributed by atoms with van der Waals surface area (Å²) in [7, 11) is 1.77. The van der Waals surface area contributed by atoms with Gasteiger partial charge in [0.05, 0.1) is 5.02 Å². The van der Waals surface area contributed by atoms with Crippen molar-refractivity contribution in [1.82, 2.24) is 5.32 Å². The van der Waals surface area contributed by atoms with E-state index in [1.165, 1.54) is 18.2 Å². The van der Waals surface area contributed by atoms with Crippen LogP contribution in [0, 0.1) is 18.6 Å². The molecule has 106 valence electrons. The average Bonchev–Trinajstić information content (AvgIpc) is 2.39. The number of hydrogen-bond acceptors (Lipinski definition) is 1. The van der Waals surface area contributed by atoms with Crippen LogP contribution in [0.1, 0.15) is 22.7 Å². The summed E-state index contributed by atoms with van der Waals surface area (Å²) in [6, 6.07) is 9.58. The zero-order valence-corrected chi connectivity index (χ0v) is 12.1. The normalized spacial score (nSPS) is 12.4. The van der Waals surface area contributed by atoms with Gasteiger partial charge in [0.1, 0.15) is 11.6 Å². The van der Waals surface area contributed by atoms with E-state index in [2.05, 4.69) is 5.32 Å². The van der Waals surface area contributed by atoms with Crippen LogP contribution in [0.4, 0.5) is 8.78 Å². The monoisotopic (exact) mass is 295 g/mol. The molecule has 0 bridgehead atoms. The van der Waals surface area contributed by atoms with E-state index in [9.17, 15) is 8.78 Å². The molecule has 0 saturated heterocycles. The minimum absolute atomic E-state index is 0.104. The smallest absolute Gasteiger partial charge is 0.145 e. The van der Waals surface area contributed by atoms with Crippen LogP contribution in [0.25, 0.3) is 0 Å². The molecule has 0 spiro atoms. The Labute approximate surface area is 122 Å². The number of halogens is 3. The quantitative estimate of drug-likeness (QED) is 0.880. The van der Waals surface area contributed by atoms with Gasteiger partial charge < -0.3 is 5.32 Å². The Morgan fingerprint density at radius 3 is 2.60 bits per heavy atom. The van der Waals surface area contributed by atoms with Crippen molar-refractivity contribution >= 4 is 11.6 Å². The van der Waals surface area contributed by atoms with Gasteiger partial charge in [-0.05, 0) is 55.3 Å². The molecule has 0 heterocycles. The van der Waals surface area contributed by atoms with Gasteiger partial charge in [0, 0.05) is 6.04 Å². The topological polar surface area (TPSA) is 12.0 Å². The Morgan fingerprint density at radius 1 is 1.20 bits per heavy atom. The summed E-state index contributed by atoms with van der Waals surface area (Å²) >= 11 is 5.78. The van der Waals surface area contributed by atoms with E-state index < -0.39 is 5.82 Å². The number of hydrogen-bond donors (Lipinski definition) is 1. The molecule has 0 radical (unpaired) electrons. The van der Waals surface area contributed by atoms with Crippen LogP contribution in [0.3, 0.4) is 0 Å². The van der Waals surface area contributed by atoms with Gasteiger partial charge in [0.25, 0.3) is 0 Å². The van der Waals surface area contributed by atoms with E-state index >= 15 is 0 Å². The second-order valence-electron chi connectivity index (χ2n) is 4.82. The summed E-state index contributed by atoms with van der Waals surface area (Å²) in [5, 5.41) is 3.20. The zero-order valence-electron chi connectivity index (χ0n) is 11.4. The average molecular weight is 296 g/mol. The van der Waals surface area contributed by atoms with E-state index in [0.717, 1.165) is 11.1 Å². The molecule has 1 unspecified atom stereocenters. The Hall–Kier alpha value is -1.45. The maximum Gasteiger partial charge on any atom is 0.145 e. The largest absolute Gasteiger partial charge is 0.313 e. The Bertz CT molecular complexity index is 593. The van der Waals surface area contributed by atoms with E-state index in [0.29, 0.717) is 12.0 Å². The van der Waals surface area contributed by atoms with Gasteiger partial charge >= 0.3 is 0 Å². The molecule has 20 heavy (non-hydrogen) atoms. The van der Waals surface area contributed by atoms with Gasteiger partial charge in [-0.1, -0.05) is 29.8 Å². The third-order valence-electron chi connectivity index (χ3n) is 3.27. The van der Waals surface area contributed by atoms with Crippen LogP contribution >= 0.6 is 11.6 Å². The second kappa shape index (κ2) is 6.33. The fourth-order valence-electron chi connectivity index (χ4n) is 2.28. The molecule has 0 amide bonds. The molecule has 2 rings (SSSR count). The highest BCUT2D eigenvalue weighted by Crippen LogP contribution is 2.24. The van der Waals surface area contributed by atoms with Gasteiger partial charge in [0.2, 0.25) is 0 Å². The van der Waals surface area contributed by atoms with E-state index in [1.54, 1.807) is 19.2 Å². The standard InChI is InChI=1S/C16H16ClF2N/c1-10-6-12(8-13(18)7-10)15(20-2)9-11-4-3-5-14(17)16(11)19/h3-8,15,20H,9H2,1-2H3. The highest BCUT2D eigenvalue weighted by Gasteiger charge is 2.15. The van der Waals surface area contributed by atoms with Gasteiger partial charge in [-0.3, -0.25) is 0 Å².